The van der Waals surface area contributed by atoms with E-state index in [-0.39, 0.29) is 5.91 Å². The third-order valence-electron chi connectivity index (χ3n) is 5.18. The van der Waals surface area contributed by atoms with Crippen LogP contribution in [0.3, 0.4) is 0 Å². The Morgan fingerprint density at radius 2 is 2.04 bits per heavy atom. The molecule has 0 unspecified atom stereocenters. The predicted molar refractivity (Wildman–Crippen MR) is 92.4 cm³/mol. The highest BCUT2D eigenvalue weighted by atomic mass is 16.1. The van der Waals surface area contributed by atoms with Gasteiger partial charge < -0.3 is 10.2 Å². The van der Waals surface area contributed by atoms with Crippen molar-refractivity contribution in [3.05, 3.63) is 12.3 Å². The summed E-state index contributed by atoms with van der Waals surface area (Å²) in [5, 5.41) is 7.50. The Morgan fingerprint density at radius 1 is 1.30 bits per heavy atom. The van der Waals surface area contributed by atoms with Crippen molar-refractivity contribution in [3.63, 3.8) is 0 Å². The van der Waals surface area contributed by atoms with Gasteiger partial charge >= 0.3 is 0 Å². The molecule has 1 amide bonds. The Balaban J connectivity index is 1.52. The molecule has 1 saturated heterocycles. The summed E-state index contributed by atoms with van der Waals surface area (Å²) >= 11 is 0. The van der Waals surface area contributed by atoms with E-state index in [0.29, 0.717) is 18.4 Å². The molecule has 0 atom stereocenters. The number of carbonyl (C=O) groups excluding carboxylic acids is 1. The van der Waals surface area contributed by atoms with Crippen molar-refractivity contribution in [3.8, 4) is 0 Å². The van der Waals surface area contributed by atoms with Gasteiger partial charge in [-0.1, -0.05) is 20.3 Å². The topological polar surface area (TPSA) is 50.2 Å². The molecule has 3 rings (SSSR count). The molecule has 0 spiro atoms. The van der Waals surface area contributed by atoms with E-state index in [4.69, 9.17) is 0 Å². The fourth-order valence-corrected chi connectivity index (χ4v) is 3.66. The molecule has 2 aliphatic rings. The third-order valence-corrected chi connectivity index (χ3v) is 5.18. The number of nitrogens with zero attached hydrogens (tertiary/aromatic N) is 3. The van der Waals surface area contributed by atoms with Gasteiger partial charge in [-0.05, 0) is 37.5 Å². The number of carbonyl (C=O) groups is 1. The number of anilines is 1. The van der Waals surface area contributed by atoms with Crippen LogP contribution in [0.25, 0.3) is 0 Å². The summed E-state index contributed by atoms with van der Waals surface area (Å²) in [4.78, 5) is 14.6. The first-order valence-corrected chi connectivity index (χ1v) is 9.17. The van der Waals surface area contributed by atoms with Crippen molar-refractivity contribution in [2.75, 3.05) is 25.0 Å². The number of aromatic nitrogens is 2. The van der Waals surface area contributed by atoms with E-state index >= 15 is 0 Å². The van der Waals surface area contributed by atoms with E-state index in [0.717, 1.165) is 37.7 Å². The molecule has 5 heteroatoms. The van der Waals surface area contributed by atoms with Crippen LogP contribution in [0.1, 0.15) is 58.4 Å². The third kappa shape index (κ3) is 4.34. The highest BCUT2D eigenvalue weighted by molar-refractivity contribution is 5.89. The molecule has 0 radical (unpaired) electrons. The Bertz CT molecular complexity index is 513. The van der Waals surface area contributed by atoms with Crippen molar-refractivity contribution >= 4 is 11.7 Å². The van der Waals surface area contributed by atoms with Crippen LogP contribution in [0.4, 0.5) is 5.82 Å². The van der Waals surface area contributed by atoms with Crippen LogP contribution in [0.15, 0.2) is 12.3 Å². The summed E-state index contributed by atoms with van der Waals surface area (Å²) < 4.78 is 2.03. The Kier molecular flexibility index (Phi) is 5.36. The van der Waals surface area contributed by atoms with Gasteiger partial charge in [0.05, 0.1) is 12.2 Å². The molecule has 1 aromatic rings. The van der Waals surface area contributed by atoms with Crippen molar-refractivity contribution in [1.29, 1.82) is 0 Å². The standard InChI is InChI=1S/C18H30N4O/c1-14(2)12-18(23)20-17-6-9-19-22(17)16-7-10-21(11-8-16)13-15-4-3-5-15/h6,9,14-16H,3-5,7-8,10-13H2,1-2H3,(H,20,23). The molecule has 1 aromatic heterocycles. The zero-order valence-electron chi connectivity index (χ0n) is 14.5. The van der Waals surface area contributed by atoms with Gasteiger partial charge in [0.2, 0.25) is 5.91 Å². The molecule has 2 heterocycles. The van der Waals surface area contributed by atoms with Crippen LogP contribution in [-0.4, -0.2) is 40.2 Å². The Hall–Kier alpha value is -1.36. The maximum absolute atomic E-state index is 12.0. The van der Waals surface area contributed by atoms with E-state index in [1.54, 1.807) is 6.20 Å². The number of rotatable bonds is 6. The second-order valence-corrected chi connectivity index (χ2v) is 7.64. The molecular weight excluding hydrogens is 288 g/mol. The average Bonchev–Trinajstić information content (AvgIpc) is 2.90. The zero-order chi connectivity index (χ0) is 16.2. The molecule has 0 bridgehead atoms. The maximum Gasteiger partial charge on any atom is 0.225 e. The van der Waals surface area contributed by atoms with Gasteiger partial charge in [-0.3, -0.25) is 4.79 Å². The zero-order valence-corrected chi connectivity index (χ0v) is 14.5. The van der Waals surface area contributed by atoms with Gasteiger partial charge in [0.25, 0.3) is 0 Å². The molecule has 1 N–H and O–H groups in total. The van der Waals surface area contributed by atoms with Crippen LogP contribution >= 0.6 is 0 Å². The normalized spacial score (nSPS) is 20.7. The van der Waals surface area contributed by atoms with Gasteiger partial charge in [-0.25, -0.2) is 4.68 Å². The van der Waals surface area contributed by atoms with Crippen molar-refractivity contribution in [1.82, 2.24) is 14.7 Å². The Labute approximate surface area is 139 Å². The van der Waals surface area contributed by atoms with Crippen molar-refractivity contribution in [2.45, 2.75) is 58.4 Å². The summed E-state index contributed by atoms with van der Waals surface area (Å²) in [5.41, 5.74) is 0. The van der Waals surface area contributed by atoms with E-state index < -0.39 is 0 Å². The molecule has 23 heavy (non-hydrogen) atoms. The molecule has 1 aliphatic heterocycles. The summed E-state index contributed by atoms with van der Waals surface area (Å²) in [5.74, 6) is 2.26. The van der Waals surface area contributed by atoms with Crippen LogP contribution in [0.5, 0.6) is 0 Å². The van der Waals surface area contributed by atoms with Crippen LogP contribution in [-0.2, 0) is 4.79 Å². The highest BCUT2D eigenvalue weighted by Crippen LogP contribution is 2.30. The minimum absolute atomic E-state index is 0.0872. The number of amides is 1. The lowest BCUT2D eigenvalue weighted by Crippen LogP contribution is -2.39. The van der Waals surface area contributed by atoms with Gasteiger partial charge in [-0.2, -0.15) is 5.10 Å². The molecule has 1 saturated carbocycles. The largest absolute Gasteiger partial charge is 0.311 e. The fraction of sp³-hybridized carbons (Fsp3) is 0.778. The number of hydrogen-bond donors (Lipinski definition) is 1. The van der Waals surface area contributed by atoms with Crippen molar-refractivity contribution in [2.24, 2.45) is 11.8 Å². The molecule has 5 nitrogen and oxygen atoms in total. The average molecular weight is 318 g/mol. The number of likely N-dealkylation sites (tertiary alicyclic amines) is 1. The van der Waals surface area contributed by atoms with E-state index in [2.05, 4.69) is 29.2 Å². The summed E-state index contributed by atoms with van der Waals surface area (Å²) in [6.07, 6.45) is 8.88. The van der Waals surface area contributed by atoms with Gasteiger partial charge in [0, 0.05) is 32.1 Å². The lowest BCUT2D eigenvalue weighted by Gasteiger charge is -2.37. The van der Waals surface area contributed by atoms with Crippen LogP contribution < -0.4 is 5.32 Å². The van der Waals surface area contributed by atoms with Gasteiger partial charge in [-0.15, -0.1) is 0 Å². The second kappa shape index (κ2) is 7.47. The molecule has 128 valence electrons. The summed E-state index contributed by atoms with van der Waals surface area (Å²) in [7, 11) is 0. The minimum atomic E-state index is 0.0872. The Morgan fingerprint density at radius 3 is 2.65 bits per heavy atom. The number of nitrogens with one attached hydrogen (secondary N) is 1. The maximum atomic E-state index is 12.0. The first kappa shape index (κ1) is 16.5. The lowest BCUT2D eigenvalue weighted by molar-refractivity contribution is -0.116. The number of hydrogen-bond acceptors (Lipinski definition) is 3. The van der Waals surface area contributed by atoms with Crippen LogP contribution in [0.2, 0.25) is 0 Å². The molecular formula is C18H30N4O. The predicted octanol–water partition coefficient (Wildman–Crippen LogP) is 3.30. The monoisotopic (exact) mass is 318 g/mol. The minimum Gasteiger partial charge on any atom is -0.311 e. The summed E-state index contributed by atoms with van der Waals surface area (Å²) in [6.45, 7) is 7.72. The number of piperidine rings is 1. The van der Waals surface area contributed by atoms with Crippen LogP contribution in [0, 0.1) is 11.8 Å². The van der Waals surface area contributed by atoms with E-state index in [1.165, 1.54) is 25.8 Å². The van der Waals surface area contributed by atoms with Gasteiger partial charge in [0.1, 0.15) is 5.82 Å². The fourth-order valence-electron chi connectivity index (χ4n) is 3.66. The summed E-state index contributed by atoms with van der Waals surface area (Å²) in [6, 6.07) is 2.33. The van der Waals surface area contributed by atoms with E-state index in [1.807, 2.05) is 10.7 Å². The highest BCUT2D eigenvalue weighted by Gasteiger charge is 2.26. The molecule has 0 aromatic carbocycles. The smallest absolute Gasteiger partial charge is 0.225 e. The second-order valence-electron chi connectivity index (χ2n) is 7.64. The van der Waals surface area contributed by atoms with Gasteiger partial charge in [0.15, 0.2) is 0 Å². The van der Waals surface area contributed by atoms with Crippen molar-refractivity contribution < 1.29 is 4.79 Å². The molecule has 1 aliphatic carbocycles. The first-order chi connectivity index (χ1) is 11.1. The lowest BCUT2D eigenvalue weighted by atomic mass is 9.84. The SMILES string of the molecule is CC(C)CC(=O)Nc1ccnn1C1CCN(CC2CCC2)CC1. The quantitative estimate of drug-likeness (QED) is 0.875. The first-order valence-electron chi connectivity index (χ1n) is 9.17. The molecule has 2 fully saturated rings. The van der Waals surface area contributed by atoms with E-state index in [9.17, 15) is 4.79 Å².